The molecular weight excluding hydrogens is 428 g/mol. The van der Waals surface area contributed by atoms with Crippen molar-refractivity contribution in [3.05, 3.63) is 119 Å². The van der Waals surface area contributed by atoms with E-state index in [1.54, 1.807) is 23.9 Å². The number of hydrogen-bond acceptors (Lipinski definition) is 4. The minimum absolute atomic E-state index is 0.109. The Kier molecular flexibility index (Phi) is 5.71. The Morgan fingerprint density at radius 1 is 0.879 bits per heavy atom. The van der Waals surface area contributed by atoms with Crippen LogP contribution >= 0.6 is 11.8 Å². The van der Waals surface area contributed by atoms with Crippen LogP contribution in [0.2, 0.25) is 0 Å². The molecule has 0 fully saturated rings. The molecule has 0 saturated heterocycles. The van der Waals surface area contributed by atoms with Crippen LogP contribution in [0.15, 0.2) is 112 Å². The molecule has 0 bridgehead atoms. The molecule has 0 saturated carbocycles. The highest BCUT2D eigenvalue weighted by Gasteiger charge is 2.20. The Morgan fingerprint density at radius 2 is 1.67 bits per heavy atom. The van der Waals surface area contributed by atoms with Gasteiger partial charge in [0.05, 0.1) is 17.4 Å². The molecule has 1 heterocycles. The van der Waals surface area contributed by atoms with E-state index in [0.29, 0.717) is 5.56 Å². The molecule has 4 nitrogen and oxygen atoms in total. The van der Waals surface area contributed by atoms with E-state index in [1.807, 2.05) is 85.8 Å². The third-order valence-electron chi connectivity index (χ3n) is 5.58. The molecule has 0 radical (unpaired) electrons. The Hall–Kier alpha value is -3.83. The molecule has 4 aromatic rings. The molecule has 5 rings (SSSR count). The number of phenols is 1. The largest absolute Gasteiger partial charge is 0.508 e. The minimum atomic E-state index is -0.144. The summed E-state index contributed by atoms with van der Waals surface area (Å²) in [4.78, 5) is 20.0. The predicted octanol–water partition coefficient (Wildman–Crippen LogP) is 6.52. The van der Waals surface area contributed by atoms with E-state index in [9.17, 15) is 9.90 Å². The van der Waals surface area contributed by atoms with Crippen molar-refractivity contribution in [1.82, 2.24) is 5.32 Å². The number of hydrogen-bond donors (Lipinski definition) is 2. The SMILES string of the molecule is CC(NC(=O)c1ccc2c(c1)N=C(c1cccc(O)c1)c1ccccc1S2)c1ccccc1. The van der Waals surface area contributed by atoms with Crippen LogP contribution in [0.1, 0.15) is 40.0 Å². The molecule has 5 heteroatoms. The summed E-state index contributed by atoms with van der Waals surface area (Å²) in [5.74, 6) is 0.0443. The molecule has 2 N–H and O–H groups in total. The van der Waals surface area contributed by atoms with Gasteiger partial charge in [0.2, 0.25) is 0 Å². The van der Waals surface area contributed by atoms with Gasteiger partial charge in [-0.3, -0.25) is 4.79 Å². The number of benzene rings is 4. The van der Waals surface area contributed by atoms with E-state index in [1.165, 1.54) is 0 Å². The summed E-state index contributed by atoms with van der Waals surface area (Å²) in [5.41, 5.74) is 4.92. The molecule has 162 valence electrons. The Morgan fingerprint density at radius 3 is 2.48 bits per heavy atom. The highest BCUT2D eigenvalue weighted by molar-refractivity contribution is 7.99. The van der Waals surface area contributed by atoms with Gasteiger partial charge in [0.25, 0.3) is 5.91 Å². The molecule has 0 aromatic heterocycles. The fraction of sp³-hybridized carbons (Fsp3) is 0.0714. The van der Waals surface area contributed by atoms with Crippen molar-refractivity contribution in [2.24, 2.45) is 4.99 Å². The summed E-state index contributed by atoms with van der Waals surface area (Å²) in [6.07, 6.45) is 0. The van der Waals surface area contributed by atoms with Crippen LogP contribution in [0.4, 0.5) is 5.69 Å². The smallest absolute Gasteiger partial charge is 0.251 e. The molecule has 1 unspecified atom stereocenters. The first-order valence-electron chi connectivity index (χ1n) is 10.7. The van der Waals surface area contributed by atoms with E-state index < -0.39 is 0 Å². The first-order chi connectivity index (χ1) is 16.1. The number of aliphatic imine (C=N–C) groups is 1. The number of carbonyl (C=O) groups excluding carboxylic acids is 1. The summed E-state index contributed by atoms with van der Waals surface area (Å²) in [6.45, 7) is 1.97. The van der Waals surface area contributed by atoms with Crippen molar-refractivity contribution < 1.29 is 9.90 Å². The highest BCUT2D eigenvalue weighted by Crippen LogP contribution is 2.41. The van der Waals surface area contributed by atoms with Crippen molar-refractivity contribution in [2.75, 3.05) is 0 Å². The Bertz CT molecular complexity index is 1370. The zero-order valence-corrected chi connectivity index (χ0v) is 18.8. The number of carbonyl (C=O) groups is 1. The van der Waals surface area contributed by atoms with Crippen molar-refractivity contribution in [3.8, 4) is 5.75 Å². The predicted molar refractivity (Wildman–Crippen MR) is 133 cm³/mol. The Balaban J connectivity index is 1.53. The van der Waals surface area contributed by atoms with Crippen LogP contribution in [0.25, 0.3) is 0 Å². The van der Waals surface area contributed by atoms with Crippen molar-refractivity contribution in [3.63, 3.8) is 0 Å². The summed E-state index contributed by atoms with van der Waals surface area (Å²) in [7, 11) is 0. The van der Waals surface area contributed by atoms with E-state index in [-0.39, 0.29) is 17.7 Å². The van der Waals surface area contributed by atoms with Gasteiger partial charge in [-0.15, -0.1) is 0 Å². The quantitative estimate of drug-likeness (QED) is 0.328. The summed E-state index contributed by atoms with van der Waals surface area (Å²) < 4.78 is 0. The number of nitrogens with one attached hydrogen (secondary N) is 1. The summed E-state index contributed by atoms with van der Waals surface area (Å²) >= 11 is 1.63. The van der Waals surface area contributed by atoms with Crippen LogP contribution in [-0.2, 0) is 0 Å². The average Bonchev–Trinajstić information content (AvgIpc) is 3.01. The summed E-state index contributed by atoms with van der Waals surface area (Å²) in [5, 5.41) is 13.1. The molecule has 1 amide bonds. The monoisotopic (exact) mass is 450 g/mol. The van der Waals surface area contributed by atoms with E-state index in [2.05, 4.69) is 11.4 Å². The lowest BCUT2D eigenvalue weighted by atomic mass is 10.0. The summed E-state index contributed by atoms with van der Waals surface area (Å²) in [6, 6.07) is 30.6. The van der Waals surface area contributed by atoms with E-state index in [4.69, 9.17) is 4.99 Å². The molecule has 0 aliphatic carbocycles. The van der Waals surface area contributed by atoms with Gasteiger partial charge in [-0.2, -0.15) is 0 Å². The lowest BCUT2D eigenvalue weighted by molar-refractivity contribution is 0.0940. The van der Waals surface area contributed by atoms with Crippen molar-refractivity contribution >= 4 is 29.1 Å². The van der Waals surface area contributed by atoms with Crippen LogP contribution in [0.5, 0.6) is 5.75 Å². The molecule has 33 heavy (non-hydrogen) atoms. The normalized spacial score (nSPS) is 13.2. The van der Waals surface area contributed by atoms with Crippen LogP contribution in [0.3, 0.4) is 0 Å². The maximum Gasteiger partial charge on any atom is 0.251 e. The van der Waals surface area contributed by atoms with Crippen molar-refractivity contribution in [2.45, 2.75) is 22.8 Å². The third-order valence-corrected chi connectivity index (χ3v) is 6.72. The standard InChI is InChI=1S/C28H22N2O2S/c1-18(19-8-3-2-4-9-19)29-28(32)21-14-15-26-24(17-21)30-27(20-10-7-11-22(31)16-20)23-12-5-6-13-25(23)33-26/h2-18,31H,1H3,(H,29,32). The molecule has 1 aliphatic rings. The first-order valence-corrected chi connectivity index (χ1v) is 11.6. The second-order valence-corrected chi connectivity index (χ2v) is 8.98. The van der Waals surface area contributed by atoms with Gasteiger partial charge in [-0.25, -0.2) is 4.99 Å². The van der Waals surface area contributed by atoms with Gasteiger partial charge in [-0.1, -0.05) is 72.4 Å². The maximum atomic E-state index is 13.0. The first kappa shape index (κ1) is 21.0. The zero-order chi connectivity index (χ0) is 22.8. The average molecular weight is 451 g/mol. The van der Waals surface area contributed by atoms with Crippen molar-refractivity contribution in [1.29, 1.82) is 0 Å². The van der Waals surface area contributed by atoms with Crippen LogP contribution < -0.4 is 5.32 Å². The van der Waals surface area contributed by atoms with E-state index >= 15 is 0 Å². The van der Waals surface area contributed by atoms with Crippen LogP contribution in [-0.4, -0.2) is 16.7 Å². The zero-order valence-electron chi connectivity index (χ0n) is 18.0. The molecule has 0 spiro atoms. The second-order valence-electron chi connectivity index (χ2n) is 7.90. The van der Waals surface area contributed by atoms with Crippen LogP contribution in [0, 0.1) is 0 Å². The van der Waals surface area contributed by atoms with Gasteiger partial charge in [-0.05, 0) is 48.9 Å². The number of phenolic OH excluding ortho intramolecular Hbond substituents is 1. The fourth-order valence-electron chi connectivity index (χ4n) is 3.86. The van der Waals surface area contributed by atoms with Gasteiger partial charge < -0.3 is 10.4 Å². The number of rotatable bonds is 4. The van der Waals surface area contributed by atoms with E-state index in [0.717, 1.165) is 37.9 Å². The number of aromatic hydroxyl groups is 1. The second kappa shape index (κ2) is 8.96. The number of fused-ring (bicyclic) bond motifs is 2. The fourth-order valence-corrected chi connectivity index (χ4v) is 4.86. The number of amides is 1. The van der Waals surface area contributed by atoms with Gasteiger partial charge in [0, 0.05) is 26.5 Å². The lowest BCUT2D eigenvalue weighted by Crippen LogP contribution is -2.26. The Labute approximate surface area is 197 Å². The topological polar surface area (TPSA) is 61.7 Å². The third kappa shape index (κ3) is 4.41. The lowest BCUT2D eigenvalue weighted by Gasteiger charge is -2.15. The van der Waals surface area contributed by atoms with Gasteiger partial charge in [0.1, 0.15) is 5.75 Å². The highest BCUT2D eigenvalue weighted by atomic mass is 32.2. The molecule has 1 aliphatic heterocycles. The van der Waals surface area contributed by atoms with Gasteiger partial charge in [0.15, 0.2) is 0 Å². The van der Waals surface area contributed by atoms with Gasteiger partial charge >= 0.3 is 0 Å². The molecular formula is C28H22N2O2S. The minimum Gasteiger partial charge on any atom is -0.508 e. The molecule has 1 atom stereocenters. The number of nitrogens with zero attached hydrogens (tertiary/aromatic N) is 1. The molecule has 4 aromatic carbocycles. The maximum absolute atomic E-state index is 13.0.